The zero-order valence-electron chi connectivity index (χ0n) is 18.8. The first-order valence-electron chi connectivity index (χ1n) is 11.8. The maximum atomic E-state index is 13.9. The van der Waals surface area contributed by atoms with Gasteiger partial charge in [0.15, 0.2) is 5.41 Å². The average Bonchev–Trinajstić information content (AvgIpc) is 2.78. The molecule has 4 amide bonds. The van der Waals surface area contributed by atoms with Gasteiger partial charge in [0.25, 0.3) is 0 Å². The van der Waals surface area contributed by atoms with E-state index in [4.69, 9.17) is 4.98 Å². The van der Waals surface area contributed by atoms with Crippen molar-refractivity contribution in [3.8, 4) is 0 Å². The summed E-state index contributed by atoms with van der Waals surface area (Å²) in [6, 6.07) is 7.38. The Morgan fingerprint density at radius 2 is 2.00 bits per heavy atom. The number of unbranched alkanes of at least 4 members (excludes halogenated alkanes) is 2. The van der Waals surface area contributed by atoms with Gasteiger partial charge in [0.05, 0.1) is 11.6 Å². The molecule has 3 aliphatic heterocycles. The fourth-order valence-corrected chi connectivity index (χ4v) is 5.70. The number of amides is 4. The van der Waals surface area contributed by atoms with Crippen molar-refractivity contribution in [3.63, 3.8) is 0 Å². The lowest BCUT2D eigenvalue weighted by molar-refractivity contribution is -0.154. The molecule has 7 nitrogen and oxygen atoms in total. The van der Waals surface area contributed by atoms with Gasteiger partial charge in [0, 0.05) is 24.9 Å². The zero-order chi connectivity index (χ0) is 22.5. The lowest BCUT2D eigenvalue weighted by Crippen LogP contribution is -2.72. The van der Waals surface area contributed by atoms with Gasteiger partial charge >= 0.3 is 6.03 Å². The molecule has 2 saturated heterocycles. The predicted octanol–water partition coefficient (Wildman–Crippen LogP) is 3.71. The predicted molar refractivity (Wildman–Crippen MR) is 122 cm³/mol. The summed E-state index contributed by atoms with van der Waals surface area (Å²) in [4.78, 5) is 48.3. The van der Waals surface area contributed by atoms with Crippen molar-refractivity contribution in [2.45, 2.75) is 64.8 Å². The molecule has 2 fully saturated rings. The minimum atomic E-state index is -1.28. The normalized spacial score (nSPS) is 25.2. The number of rotatable bonds is 4. The molecule has 0 radical (unpaired) electrons. The minimum Gasteiger partial charge on any atom is -0.352 e. The second kappa shape index (κ2) is 7.87. The van der Waals surface area contributed by atoms with Crippen LogP contribution in [0.25, 0.3) is 10.9 Å². The van der Waals surface area contributed by atoms with Gasteiger partial charge in [-0.25, -0.2) is 9.78 Å². The van der Waals surface area contributed by atoms with Gasteiger partial charge in [-0.2, -0.15) is 0 Å². The number of hydrogen-bond donors (Lipinski definition) is 1. The number of aromatic nitrogens is 1. The van der Waals surface area contributed by atoms with Crippen LogP contribution in [0.1, 0.15) is 56.6 Å². The molecular formula is C25H30N4O3. The molecule has 7 heteroatoms. The number of carbonyl (C=O) groups excluding carboxylic acids is 3. The highest BCUT2D eigenvalue weighted by atomic mass is 16.2. The molecule has 1 spiro atoms. The maximum Gasteiger partial charge on any atom is 0.330 e. The number of nitrogens with one attached hydrogen (secondary N) is 1. The monoisotopic (exact) mass is 434 g/mol. The molecule has 0 unspecified atom stereocenters. The van der Waals surface area contributed by atoms with E-state index in [-0.39, 0.29) is 18.4 Å². The Kier molecular flexibility index (Phi) is 5.14. The Labute approximate surface area is 188 Å². The molecule has 32 heavy (non-hydrogen) atoms. The lowest BCUT2D eigenvalue weighted by Gasteiger charge is -2.53. The van der Waals surface area contributed by atoms with Crippen LogP contribution in [0.3, 0.4) is 0 Å². The average molecular weight is 435 g/mol. The molecule has 0 aliphatic carbocycles. The molecule has 2 atom stereocenters. The number of carbonyl (C=O) groups is 3. The zero-order valence-corrected chi connectivity index (χ0v) is 18.8. The molecule has 1 aromatic heterocycles. The summed E-state index contributed by atoms with van der Waals surface area (Å²) >= 11 is 0. The van der Waals surface area contributed by atoms with Crippen LogP contribution >= 0.6 is 0 Å². The van der Waals surface area contributed by atoms with Crippen LogP contribution in [0.4, 0.5) is 10.6 Å². The first kappa shape index (κ1) is 20.9. The molecule has 5 rings (SSSR count). The molecule has 1 N–H and O–H groups in total. The highest BCUT2D eigenvalue weighted by Crippen LogP contribution is 2.47. The number of benzene rings is 1. The molecular weight excluding hydrogens is 404 g/mol. The lowest BCUT2D eigenvalue weighted by atomic mass is 9.66. The number of piperidine rings is 1. The van der Waals surface area contributed by atoms with Crippen LogP contribution in [-0.2, 0) is 16.0 Å². The van der Waals surface area contributed by atoms with Crippen LogP contribution in [0.15, 0.2) is 24.3 Å². The van der Waals surface area contributed by atoms with E-state index in [0.717, 1.165) is 72.9 Å². The molecule has 2 aromatic rings. The number of barbiturate groups is 1. The van der Waals surface area contributed by atoms with Crippen LogP contribution in [0, 0.1) is 12.3 Å². The number of hydrogen-bond acceptors (Lipinski definition) is 5. The first-order chi connectivity index (χ1) is 15.5. The number of anilines is 1. The fourth-order valence-electron chi connectivity index (χ4n) is 5.70. The number of fused-ring (bicyclic) bond motifs is 5. The van der Waals surface area contributed by atoms with Crippen molar-refractivity contribution < 1.29 is 14.4 Å². The van der Waals surface area contributed by atoms with Crippen LogP contribution < -0.4 is 10.2 Å². The van der Waals surface area contributed by atoms with Crippen molar-refractivity contribution in [1.29, 1.82) is 0 Å². The van der Waals surface area contributed by atoms with Crippen molar-refractivity contribution in [2.75, 3.05) is 18.0 Å². The first-order valence-corrected chi connectivity index (χ1v) is 11.8. The van der Waals surface area contributed by atoms with E-state index in [1.165, 1.54) is 4.90 Å². The summed E-state index contributed by atoms with van der Waals surface area (Å²) in [6.07, 6.45) is 5.65. The Morgan fingerprint density at radius 3 is 2.81 bits per heavy atom. The van der Waals surface area contributed by atoms with Crippen molar-refractivity contribution >= 4 is 34.6 Å². The number of imide groups is 2. The topological polar surface area (TPSA) is 82.6 Å². The van der Waals surface area contributed by atoms with Gasteiger partial charge in [0.2, 0.25) is 11.8 Å². The fraction of sp³-hybridized carbons (Fsp3) is 0.520. The minimum absolute atomic E-state index is 0.280. The summed E-state index contributed by atoms with van der Waals surface area (Å²) in [5, 5.41) is 3.55. The number of nitrogens with zero attached hydrogens (tertiary/aromatic N) is 3. The summed E-state index contributed by atoms with van der Waals surface area (Å²) in [6.45, 7) is 5.23. The smallest absolute Gasteiger partial charge is 0.330 e. The van der Waals surface area contributed by atoms with E-state index in [9.17, 15) is 14.4 Å². The van der Waals surface area contributed by atoms with Crippen LogP contribution in [-0.4, -0.2) is 46.9 Å². The molecule has 168 valence electrons. The summed E-state index contributed by atoms with van der Waals surface area (Å²) in [5.41, 5.74) is 1.69. The third-order valence-electron chi connectivity index (χ3n) is 7.32. The Balaban J connectivity index is 1.62. The van der Waals surface area contributed by atoms with E-state index in [1.54, 1.807) is 0 Å². The highest BCUT2D eigenvalue weighted by Gasteiger charge is 2.62. The van der Waals surface area contributed by atoms with E-state index >= 15 is 0 Å². The van der Waals surface area contributed by atoms with Gasteiger partial charge in [-0.15, -0.1) is 0 Å². The van der Waals surface area contributed by atoms with Gasteiger partial charge in [-0.3, -0.25) is 19.8 Å². The molecule has 0 bridgehead atoms. The third kappa shape index (κ3) is 3.09. The molecule has 1 aromatic carbocycles. The van der Waals surface area contributed by atoms with Crippen LogP contribution in [0.2, 0.25) is 0 Å². The maximum absolute atomic E-state index is 13.9. The quantitative estimate of drug-likeness (QED) is 0.586. The van der Waals surface area contributed by atoms with E-state index < -0.39 is 17.4 Å². The number of urea groups is 1. The van der Waals surface area contributed by atoms with Gasteiger partial charge in [-0.05, 0) is 56.4 Å². The van der Waals surface area contributed by atoms with E-state index in [0.29, 0.717) is 6.54 Å². The van der Waals surface area contributed by atoms with Crippen molar-refractivity contribution in [1.82, 2.24) is 15.2 Å². The van der Waals surface area contributed by atoms with E-state index in [1.807, 2.05) is 13.0 Å². The largest absolute Gasteiger partial charge is 0.352 e. The van der Waals surface area contributed by atoms with Gasteiger partial charge in [0.1, 0.15) is 5.82 Å². The van der Waals surface area contributed by atoms with E-state index in [2.05, 4.69) is 35.3 Å². The van der Waals surface area contributed by atoms with Crippen LogP contribution in [0.5, 0.6) is 0 Å². The van der Waals surface area contributed by atoms with Gasteiger partial charge in [-0.1, -0.05) is 31.4 Å². The SMILES string of the molecule is CCCCCN1C(=O)NC(=O)[C@]2(Cc3cc4cc(C)ccc4nc3N3CCCC[C@@H]32)C1=O. The Bertz CT molecular complexity index is 1110. The number of aryl methyl sites for hydroxylation is 1. The summed E-state index contributed by atoms with van der Waals surface area (Å²) in [7, 11) is 0. The summed E-state index contributed by atoms with van der Waals surface area (Å²) < 4.78 is 0. The molecule has 3 aliphatic rings. The second-order valence-electron chi connectivity index (χ2n) is 9.44. The highest BCUT2D eigenvalue weighted by molar-refractivity contribution is 6.20. The molecule has 4 heterocycles. The second-order valence-corrected chi connectivity index (χ2v) is 9.44. The third-order valence-corrected chi connectivity index (χ3v) is 7.32. The summed E-state index contributed by atoms with van der Waals surface area (Å²) in [5.74, 6) is 0.0899. The Hall–Kier alpha value is -2.96. The standard InChI is InChI=1S/C25H30N4O3/c1-3-4-6-12-29-23(31)25(22(30)27-24(29)32)15-18-14-17-13-16(2)9-10-19(17)26-21(18)28-11-7-5-8-20(25)28/h9-10,13-14,20H,3-8,11-12,15H2,1-2H3,(H,27,30,32)/t20-,25-/m1/s1. The molecule has 0 saturated carbocycles. The Morgan fingerprint density at radius 1 is 1.16 bits per heavy atom. The van der Waals surface area contributed by atoms with Crippen molar-refractivity contribution in [2.24, 2.45) is 5.41 Å². The van der Waals surface area contributed by atoms with Crippen molar-refractivity contribution in [3.05, 3.63) is 35.4 Å². The number of pyridine rings is 1. The van der Waals surface area contributed by atoms with Gasteiger partial charge < -0.3 is 4.90 Å².